The topological polar surface area (TPSA) is 68.8 Å². The Morgan fingerprint density at radius 3 is 1.81 bits per heavy atom. The lowest BCUT2D eigenvalue weighted by atomic mass is 9.98. The lowest BCUT2D eigenvalue weighted by molar-refractivity contribution is -0.127. The van der Waals surface area contributed by atoms with Gasteiger partial charge in [0.25, 0.3) is 0 Å². The average Bonchev–Trinajstić information content (AvgIpc) is 2.83. The van der Waals surface area contributed by atoms with Crippen molar-refractivity contribution in [3.8, 4) is 11.5 Å². The van der Waals surface area contributed by atoms with Crippen molar-refractivity contribution in [3.63, 3.8) is 0 Å². The Morgan fingerprint density at radius 1 is 0.806 bits per heavy atom. The fraction of sp³-hybridized carbons (Fsp3) is 0.240. The van der Waals surface area contributed by atoms with Crippen LogP contribution in [0.5, 0.6) is 11.5 Å². The molecule has 0 unspecified atom stereocenters. The number of carbonyl (C=O) groups excluding carboxylic acids is 1. The van der Waals surface area contributed by atoms with Crippen molar-refractivity contribution in [1.29, 1.82) is 0 Å². The Balaban J connectivity index is 1.69. The van der Waals surface area contributed by atoms with E-state index in [9.17, 15) is 4.79 Å². The van der Waals surface area contributed by atoms with Gasteiger partial charge >= 0.3 is 0 Å². The molecule has 2 N–H and O–H groups in total. The molecule has 0 aliphatic heterocycles. The number of ether oxygens (including phenoxy) is 2. The summed E-state index contributed by atoms with van der Waals surface area (Å²) in [6.45, 7) is 2.14. The maximum absolute atomic E-state index is 12.9. The molecule has 3 rings (SSSR count). The molecule has 0 aromatic heterocycles. The molecule has 3 aromatic carbocycles. The normalized spacial score (nSPS) is 11.7. The third-order valence-corrected chi connectivity index (χ3v) is 4.92. The molecule has 0 aliphatic rings. The summed E-state index contributed by atoms with van der Waals surface area (Å²) >= 11 is 0. The van der Waals surface area contributed by atoms with Gasteiger partial charge in [0.1, 0.15) is 17.5 Å². The van der Waals surface area contributed by atoms with E-state index >= 15 is 0 Å². The zero-order chi connectivity index (χ0) is 22.1. The predicted molar refractivity (Wildman–Crippen MR) is 120 cm³/mol. The molecule has 0 heterocycles. The van der Waals surface area contributed by atoms with Crippen LogP contribution in [0.25, 0.3) is 0 Å². The van der Waals surface area contributed by atoms with Crippen LogP contribution in [-0.4, -0.2) is 26.2 Å². The lowest BCUT2D eigenvalue weighted by Gasteiger charge is -2.23. The monoisotopic (exact) mass is 420 g/mol. The molecule has 0 fully saturated rings. The molecule has 1 atom stereocenters. The molecular formula is C25H28N2O4. The molecule has 0 saturated carbocycles. The van der Waals surface area contributed by atoms with Gasteiger partial charge < -0.3 is 14.8 Å². The number of methoxy groups -OCH3 is 2. The van der Waals surface area contributed by atoms with Crippen LogP contribution in [0.4, 0.5) is 0 Å². The number of hydrogen-bond acceptors (Lipinski definition) is 5. The van der Waals surface area contributed by atoms with Crippen LogP contribution in [0, 0.1) is 0 Å². The van der Waals surface area contributed by atoms with Gasteiger partial charge in [0.2, 0.25) is 5.91 Å². The molecule has 6 heteroatoms. The second-order valence-electron chi connectivity index (χ2n) is 7.10. The standard InChI is InChI=1S/C25H28N2O4/c1-18(27-31-17-19-7-5-4-6-8-19)25(28)26-24(20-9-13-22(29-2)14-10-20)21-11-15-23(30-3)16-12-21/h4-16,18,24,27H,17H2,1-3H3,(H,26,28)/t18-/m1/s1. The smallest absolute Gasteiger partial charge is 0.239 e. The van der Waals surface area contributed by atoms with E-state index in [1.165, 1.54) is 0 Å². The minimum Gasteiger partial charge on any atom is -0.497 e. The maximum atomic E-state index is 12.9. The number of hydrogen-bond donors (Lipinski definition) is 2. The molecule has 162 valence electrons. The summed E-state index contributed by atoms with van der Waals surface area (Å²) in [5.74, 6) is 1.34. The van der Waals surface area contributed by atoms with Crippen LogP contribution < -0.4 is 20.3 Å². The summed E-state index contributed by atoms with van der Waals surface area (Å²) in [6.07, 6.45) is 0. The summed E-state index contributed by atoms with van der Waals surface area (Å²) in [5, 5.41) is 3.11. The van der Waals surface area contributed by atoms with Gasteiger partial charge in [-0.05, 0) is 47.9 Å². The van der Waals surface area contributed by atoms with Crippen molar-refractivity contribution in [2.45, 2.75) is 25.6 Å². The number of nitrogens with one attached hydrogen (secondary N) is 2. The van der Waals surface area contributed by atoms with Crippen molar-refractivity contribution in [1.82, 2.24) is 10.8 Å². The maximum Gasteiger partial charge on any atom is 0.239 e. The number of hydroxylamine groups is 1. The fourth-order valence-electron chi connectivity index (χ4n) is 3.10. The van der Waals surface area contributed by atoms with Crippen LogP contribution in [0.2, 0.25) is 0 Å². The van der Waals surface area contributed by atoms with E-state index < -0.39 is 6.04 Å². The summed E-state index contributed by atoms with van der Waals surface area (Å²) in [6, 6.07) is 24.2. The number of rotatable bonds is 10. The fourth-order valence-corrected chi connectivity index (χ4v) is 3.10. The second-order valence-corrected chi connectivity index (χ2v) is 7.10. The molecule has 0 spiro atoms. The molecule has 6 nitrogen and oxygen atoms in total. The minimum atomic E-state index is -0.539. The van der Waals surface area contributed by atoms with Crippen molar-refractivity contribution in [2.24, 2.45) is 0 Å². The van der Waals surface area contributed by atoms with Crippen LogP contribution in [0.1, 0.15) is 29.7 Å². The Bertz CT molecular complexity index is 896. The summed E-state index contributed by atoms with van der Waals surface area (Å²) in [4.78, 5) is 18.4. The van der Waals surface area contributed by atoms with E-state index in [1.807, 2.05) is 78.9 Å². The number of benzene rings is 3. The molecule has 31 heavy (non-hydrogen) atoms. The highest BCUT2D eigenvalue weighted by Gasteiger charge is 2.21. The predicted octanol–water partition coefficient (Wildman–Crippen LogP) is 4.02. The molecule has 1 amide bonds. The van der Waals surface area contributed by atoms with Gasteiger partial charge in [0.15, 0.2) is 0 Å². The summed E-state index contributed by atoms with van der Waals surface area (Å²) < 4.78 is 10.5. The highest BCUT2D eigenvalue weighted by atomic mass is 16.6. The van der Waals surface area contributed by atoms with Crippen LogP contribution in [-0.2, 0) is 16.2 Å². The van der Waals surface area contributed by atoms with E-state index in [1.54, 1.807) is 21.1 Å². The van der Waals surface area contributed by atoms with E-state index in [0.717, 1.165) is 28.2 Å². The molecular weight excluding hydrogens is 392 g/mol. The lowest BCUT2D eigenvalue weighted by Crippen LogP contribution is -2.43. The zero-order valence-corrected chi connectivity index (χ0v) is 18.0. The highest BCUT2D eigenvalue weighted by molar-refractivity contribution is 5.82. The third-order valence-electron chi connectivity index (χ3n) is 4.92. The van der Waals surface area contributed by atoms with Crippen molar-refractivity contribution < 1.29 is 19.1 Å². The molecule has 3 aromatic rings. The van der Waals surface area contributed by atoms with Crippen molar-refractivity contribution >= 4 is 5.91 Å². The Hall–Kier alpha value is -3.35. The van der Waals surface area contributed by atoms with Crippen molar-refractivity contribution in [3.05, 3.63) is 95.6 Å². The largest absolute Gasteiger partial charge is 0.497 e. The Kier molecular flexibility index (Phi) is 8.04. The van der Waals surface area contributed by atoms with Gasteiger partial charge in [-0.3, -0.25) is 9.63 Å². The SMILES string of the molecule is COc1ccc(C(NC(=O)[C@@H](C)NOCc2ccccc2)c2ccc(OC)cc2)cc1. The van der Waals surface area contributed by atoms with Gasteiger partial charge in [-0.15, -0.1) is 0 Å². The van der Waals surface area contributed by atoms with Gasteiger partial charge in [-0.25, -0.2) is 0 Å². The zero-order valence-electron chi connectivity index (χ0n) is 18.0. The Morgan fingerprint density at radius 2 is 1.32 bits per heavy atom. The summed E-state index contributed by atoms with van der Waals surface area (Å²) in [5.41, 5.74) is 5.73. The van der Waals surface area contributed by atoms with Crippen LogP contribution in [0.3, 0.4) is 0 Å². The van der Waals surface area contributed by atoms with Gasteiger partial charge in [-0.1, -0.05) is 54.6 Å². The second kappa shape index (κ2) is 11.2. The first kappa shape index (κ1) is 22.3. The molecule has 0 aliphatic carbocycles. The molecule has 0 radical (unpaired) electrons. The van der Waals surface area contributed by atoms with Gasteiger partial charge in [-0.2, -0.15) is 5.48 Å². The quantitative estimate of drug-likeness (QED) is 0.485. The number of carbonyl (C=O) groups is 1. The molecule has 0 bridgehead atoms. The summed E-state index contributed by atoms with van der Waals surface area (Å²) in [7, 11) is 3.25. The highest BCUT2D eigenvalue weighted by Crippen LogP contribution is 2.26. The first-order chi connectivity index (χ1) is 15.1. The minimum absolute atomic E-state index is 0.176. The first-order valence-corrected chi connectivity index (χ1v) is 10.1. The average molecular weight is 421 g/mol. The van der Waals surface area contributed by atoms with Crippen LogP contribution in [0.15, 0.2) is 78.9 Å². The van der Waals surface area contributed by atoms with E-state index in [0.29, 0.717) is 6.61 Å². The van der Waals surface area contributed by atoms with E-state index in [4.69, 9.17) is 14.3 Å². The first-order valence-electron chi connectivity index (χ1n) is 10.1. The van der Waals surface area contributed by atoms with Crippen molar-refractivity contribution in [2.75, 3.05) is 14.2 Å². The third kappa shape index (κ3) is 6.31. The van der Waals surface area contributed by atoms with Crippen LogP contribution >= 0.6 is 0 Å². The molecule has 0 saturated heterocycles. The van der Waals surface area contributed by atoms with E-state index in [-0.39, 0.29) is 11.9 Å². The van der Waals surface area contributed by atoms with Gasteiger partial charge in [0.05, 0.1) is 26.9 Å². The van der Waals surface area contributed by atoms with Gasteiger partial charge in [0, 0.05) is 0 Å². The Labute approximate surface area is 183 Å². The van der Waals surface area contributed by atoms with E-state index in [2.05, 4.69) is 10.8 Å². The number of amides is 1.